The summed E-state index contributed by atoms with van der Waals surface area (Å²) in [6.07, 6.45) is -0.211. The van der Waals surface area contributed by atoms with Crippen LogP contribution < -0.4 is 62.2 Å². The van der Waals surface area contributed by atoms with Gasteiger partial charge >= 0.3 is 57.5 Å². The summed E-state index contributed by atoms with van der Waals surface area (Å²) < 4.78 is 4.18. The van der Waals surface area contributed by atoms with Crippen LogP contribution in [0.4, 0.5) is 4.79 Å². The summed E-state index contributed by atoms with van der Waals surface area (Å²) >= 11 is 0. The van der Waals surface area contributed by atoms with Gasteiger partial charge in [0.15, 0.2) is 0 Å². The predicted octanol–water partition coefficient (Wildman–Crippen LogP) is -4.07. The molecular formula is C4H7KN2O3. The summed E-state index contributed by atoms with van der Waals surface area (Å²) in [7, 11) is 0. The van der Waals surface area contributed by atoms with E-state index >= 15 is 0 Å². The van der Waals surface area contributed by atoms with Crippen LogP contribution in [0.2, 0.25) is 0 Å². The van der Waals surface area contributed by atoms with Gasteiger partial charge in [-0.3, -0.25) is 0 Å². The van der Waals surface area contributed by atoms with Gasteiger partial charge in [-0.05, 0) is 6.92 Å². The Kier molecular flexibility index (Phi) is 26.8. The number of nitrogens with zero attached hydrogens (tertiary/aromatic N) is 1. The van der Waals surface area contributed by atoms with Gasteiger partial charge in [0, 0.05) is 6.26 Å². The number of carbonyl (C=O) groups excluding carboxylic acids is 1. The molecule has 0 aromatic carbocycles. The van der Waals surface area contributed by atoms with Crippen molar-refractivity contribution in [2.24, 2.45) is 5.73 Å². The van der Waals surface area contributed by atoms with Crippen molar-refractivity contribution in [1.29, 1.82) is 5.26 Å². The van der Waals surface area contributed by atoms with Crippen molar-refractivity contribution < 1.29 is 66.0 Å². The average Bonchev–Trinajstić information content (AvgIpc) is 1.67. The molecule has 0 fully saturated rings. The maximum absolute atomic E-state index is 9.60. The first-order valence-electron chi connectivity index (χ1n) is 2.12. The summed E-state index contributed by atoms with van der Waals surface area (Å²) in [4.78, 5) is 9.60. The van der Waals surface area contributed by atoms with Crippen molar-refractivity contribution in [2.45, 2.75) is 6.92 Å². The maximum Gasteiger partial charge on any atom is 1.00 e. The van der Waals surface area contributed by atoms with E-state index in [1.165, 1.54) is 0 Å². The second-order valence-electron chi connectivity index (χ2n) is 0.843. The molecule has 0 aliphatic rings. The van der Waals surface area contributed by atoms with Crippen molar-refractivity contribution >= 4 is 6.09 Å². The summed E-state index contributed by atoms with van der Waals surface area (Å²) in [6, 6.07) is 0. The minimum Gasteiger partial charge on any atom is -0.812 e. The number of carbonyl (C=O) groups is 1. The van der Waals surface area contributed by atoms with Crippen LogP contribution in [-0.2, 0) is 4.74 Å². The van der Waals surface area contributed by atoms with Gasteiger partial charge in [-0.1, -0.05) is 0 Å². The largest absolute Gasteiger partial charge is 1.00 e. The van der Waals surface area contributed by atoms with Crippen LogP contribution in [0.1, 0.15) is 6.92 Å². The van der Waals surface area contributed by atoms with Crippen LogP contribution in [0.5, 0.6) is 0 Å². The normalized spacial score (nSPS) is 5.20. The summed E-state index contributed by atoms with van der Waals surface area (Å²) in [5.41, 5.74) is 4.54. The van der Waals surface area contributed by atoms with Crippen molar-refractivity contribution in [3.8, 4) is 6.26 Å². The van der Waals surface area contributed by atoms with Gasteiger partial charge in [-0.2, -0.15) is 0 Å². The van der Waals surface area contributed by atoms with Crippen molar-refractivity contribution in [3.05, 3.63) is 0 Å². The molecule has 10 heavy (non-hydrogen) atoms. The van der Waals surface area contributed by atoms with Gasteiger partial charge in [0.1, 0.15) is 0 Å². The fourth-order valence-electron chi connectivity index (χ4n) is 0.142. The van der Waals surface area contributed by atoms with E-state index in [1.54, 1.807) is 6.92 Å². The zero-order valence-corrected chi connectivity index (χ0v) is 9.08. The predicted molar refractivity (Wildman–Crippen MR) is 26.8 cm³/mol. The first kappa shape index (κ1) is 16.7. The summed E-state index contributed by atoms with van der Waals surface area (Å²) in [6.45, 7) is 2.06. The molecule has 0 aromatic rings. The molecule has 0 saturated carbocycles. The molecule has 0 unspecified atom stereocenters. The van der Waals surface area contributed by atoms with Gasteiger partial charge in [-0.15, -0.1) is 0 Å². The maximum atomic E-state index is 9.60. The number of nitriles is 1. The molecule has 0 rings (SSSR count). The number of hydrogen-bond donors (Lipinski definition) is 1. The van der Waals surface area contributed by atoms with E-state index in [9.17, 15) is 4.79 Å². The van der Waals surface area contributed by atoms with Crippen LogP contribution in [0.25, 0.3) is 0 Å². The van der Waals surface area contributed by atoms with Crippen molar-refractivity contribution in [2.75, 3.05) is 6.61 Å². The Morgan fingerprint density at radius 2 is 2.20 bits per heavy atom. The SMILES string of the molecule is CCOC(N)=O.N#C[O-].[K+]. The van der Waals surface area contributed by atoms with Gasteiger partial charge in [0.25, 0.3) is 0 Å². The second-order valence-corrected chi connectivity index (χ2v) is 0.843. The number of rotatable bonds is 1. The Morgan fingerprint density at radius 3 is 2.20 bits per heavy atom. The molecular weight excluding hydrogens is 163 g/mol. The molecule has 0 saturated heterocycles. The van der Waals surface area contributed by atoms with E-state index in [1.807, 2.05) is 0 Å². The van der Waals surface area contributed by atoms with Gasteiger partial charge in [0.2, 0.25) is 0 Å². The molecule has 0 spiro atoms. The Bertz CT molecular complexity index is 112. The number of amides is 1. The zero-order chi connectivity index (χ0) is 7.70. The molecule has 52 valence electrons. The number of primary amides is 1. The minimum atomic E-state index is -0.711. The van der Waals surface area contributed by atoms with Gasteiger partial charge in [-0.25, -0.2) is 10.1 Å². The number of hydrogen-bond acceptors (Lipinski definition) is 4. The van der Waals surface area contributed by atoms with Crippen LogP contribution in [-0.4, -0.2) is 12.7 Å². The standard InChI is InChI=1S/C3H7NO2.CHNO.K/c1-2-6-3(4)5;2-1-3;/h2H2,1H3,(H2,4,5);3H;/q;;+1/p-1. The monoisotopic (exact) mass is 170 g/mol. The van der Waals surface area contributed by atoms with E-state index in [4.69, 9.17) is 10.4 Å². The molecule has 0 radical (unpaired) electrons. The molecule has 5 nitrogen and oxygen atoms in total. The Labute approximate surface area is 102 Å². The summed E-state index contributed by atoms with van der Waals surface area (Å²) in [5, 5.41) is 15.0. The van der Waals surface area contributed by atoms with Crippen molar-refractivity contribution in [3.63, 3.8) is 0 Å². The van der Waals surface area contributed by atoms with Crippen LogP contribution in [0.3, 0.4) is 0 Å². The van der Waals surface area contributed by atoms with Crippen molar-refractivity contribution in [1.82, 2.24) is 0 Å². The molecule has 0 aliphatic heterocycles. The first-order valence-corrected chi connectivity index (χ1v) is 2.12. The zero-order valence-electron chi connectivity index (χ0n) is 5.96. The van der Waals surface area contributed by atoms with Gasteiger partial charge in [0.05, 0.1) is 6.61 Å². The molecule has 2 N–H and O–H groups in total. The topological polar surface area (TPSA) is 99.2 Å². The third kappa shape index (κ3) is 41.5. The van der Waals surface area contributed by atoms with E-state index in [2.05, 4.69) is 10.5 Å². The Balaban J connectivity index is -0.000000107. The number of ether oxygens (including phenoxy) is 1. The van der Waals surface area contributed by atoms with Gasteiger partial charge < -0.3 is 15.6 Å². The Hall–Kier alpha value is 0.196. The third-order valence-electron chi connectivity index (χ3n) is 0.287. The molecule has 1 amide bonds. The molecule has 6 heteroatoms. The van der Waals surface area contributed by atoms with E-state index in [0.29, 0.717) is 12.9 Å². The molecule has 0 aromatic heterocycles. The van der Waals surface area contributed by atoms with Crippen LogP contribution in [0.15, 0.2) is 0 Å². The fraction of sp³-hybridized carbons (Fsp3) is 0.500. The summed E-state index contributed by atoms with van der Waals surface area (Å²) in [5.74, 6) is 0. The molecule has 0 heterocycles. The van der Waals surface area contributed by atoms with E-state index in [0.717, 1.165) is 0 Å². The van der Waals surface area contributed by atoms with E-state index in [-0.39, 0.29) is 51.4 Å². The second kappa shape index (κ2) is 16.1. The molecule has 0 atom stereocenters. The first-order chi connectivity index (χ1) is 4.18. The number of nitrogens with two attached hydrogens (primary N) is 1. The molecule has 0 aliphatic carbocycles. The third-order valence-corrected chi connectivity index (χ3v) is 0.287. The molecule has 0 bridgehead atoms. The van der Waals surface area contributed by atoms with Crippen LogP contribution >= 0.6 is 0 Å². The average molecular weight is 170 g/mol. The van der Waals surface area contributed by atoms with E-state index < -0.39 is 6.09 Å². The quantitative estimate of drug-likeness (QED) is 0.319. The van der Waals surface area contributed by atoms with Crippen LogP contribution in [0, 0.1) is 11.5 Å². The Morgan fingerprint density at radius 1 is 1.90 bits per heavy atom. The smallest absolute Gasteiger partial charge is 0.812 e. The fourth-order valence-corrected chi connectivity index (χ4v) is 0.142. The minimum absolute atomic E-state index is 0.